The van der Waals surface area contributed by atoms with Crippen LogP contribution in [0.5, 0.6) is 0 Å². The second-order valence-electron chi connectivity index (χ2n) is 5.10. The molecule has 0 heterocycles. The summed E-state index contributed by atoms with van der Waals surface area (Å²) in [4.78, 5) is 22.9. The van der Waals surface area contributed by atoms with Gasteiger partial charge in [0.1, 0.15) is 0 Å². The van der Waals surface area contributed by atoms with Crippen molar-refractivity contribution in [2.24, 2.45) is 5.41 Å². The molecule has 0 radical (unpaired) electrons. The van der Waals surface area contributed by atoms with Crippen LogP contribution in [0.15, 0.2) is 24.3 Å². The highest BCUT2D eigenvalue weighted by molar-refractivity contribution is 5.96. The molecule has 3 N–H and O–H groups in total. The summed E-state index contributed by atoms with van der Waals surface area (Å²) < 4.78 is 0. The first-order valence-electron chi connectivity index (χ1n) is 6.31. The van der Waals surface area contributed by atoms with E-state index >= 15 is 0 Å². The lowest BCUT2D eigenvalue weighted by atomic mass is 10.1. The Morgan fingerprint density at radius 3 is 2.68 bits per heavy atom. The van der Waals surface area contributed by atoms with Gasteiger partial charge in [0.15, 0.2) is 0 Å². The lowest BCUT2D eigenvalue weighted by Crippen LogP contribution is -2.31. The van der Waals surface area contributed by atoms with Crippen molar-refractivity contribution in [3.63, 3.8) is 0 Å². The van der Waals surface area contributed by atoms with Crippen molar-refractivity contribution in [2.75, 3.05) is 18.5 Å². The summed E-state index contributed by atoms with van der Waals surface area (Å²) >= 11 is 0. The average molecular weight is 262 g/mol. The maximum absolute atomic E-state index is 12.0. The van der Waals surface area contributed by atoms with Gasteiger partial charge in [-0.2, -0.15) is 0 Å². The fourth-order valence-corrected chi connectivity index (χ4v) is 1.88. The van der Waals surface area contributed by atoms with E-state index < -0.39 is 0 Å². The second kappa shape index (κ2) is 5.40. The zero-order valence-electron chi connectivity index (χ0n) is 10.9. The van der Waals surface area contributed by atoms with Gasteiger partial charge in [-0.05, 0) is 31.0 Å². The molecule has 2 rings (SSSR count). The van der Waals surface area contributed by atoms with Gasteiger partial charge in [0.2, 0.25) is 5.91 Å². The Morgan fingerprint density at radius 2 is 2.11 bits per heavy atom. The molecule has 1 aromatic carbocycles. The van der Waals surface area contributed by atoms with Gasteiger partial charge in [0, 0.05) is 30.1 Å². The van der Waals surface area contributed by atoms with E-state index in [1.165, 1.54) is 6.92 Å². The number of carbonyl (C=O) groups is 2. The highest BCUT2D eigenvalue weighted by Gasteiger charge is 2.42. The van der Waals surface area contributed by atoms with E-state index in [0.29, 0.717) is 17.8 Å². The van der Waals surface area contributed by atoms with Crippen molar-refractivity contribution >= 4 is 17.5 Å². The Kier molecular flexibility index (Phi) is 3.85. The number of benzene rings is 1. The van der Waals surface area contributed by atoms with Crippen molar-refractivity contribution in [3.05, 3.63) is 29.8 Å². The van der Waals surface area contributed by atoms with Crippen LogP contribution in [0.25, 0.3) is 0 Å². The van der Waals surface area contributed by atoms with E-state index in [9.17, 15) is 14.7 Å². The number of aliphatic hydroxyl groups is 1. The molecule has 0 aliphatic heterocycles. The minimum atomic E-state index is -0.188. The third-order valence-electron chi connectivity index (χ3n) is 3.36. The molecular formula is C14H18N2O3. The Bertz CT molecular complexity index is 495. The lowest BCUT2D eigenvalue weighted by Gasteiger charge is -2.13. The number of rotatable bonds is 5. The molecule has 5 heteroatoms. The lowest BCUT2D eigenvalue weighted by molar-refractivity contribution is -0.114. The molecule has 1 aromatic rings. The van der Waals surface area contributed by atoms with Gasteiger partial charge in [0.05, 0.1) is 6.61 Å². The minimum Gasteiger partial charge on any atom is -0.396 e. The monoisotopic (exact) mass is 262 g/mol. The normalized spacial score (nSPS) is 15.7. The summed E-state index contributed by atoms with van der Waals surface area (Å²) in [6.45, 7) is 2.02. The molecule has 0 aromatic heterocycles. The molecule has 0 spiro atoms. The molecule has 5 nitrogen and oxygen atoms in total. The number of anilines is 1. The van der Waals surface area contributed by atoms with Crippen LogP contribution in [0.1, 0.15) is 30.1 Å². The molecule has 1 saturated carbocycles. The van der Waals surface area contributed by atoms with E-state index in [2.05, 4.69) is 10.6 Å². The number of carbonyl (C=O) groups excluding carboxylic acids is 2. The van der Waals surface area contributed by atoms with E-state index in [1.807, 2.05) is 0 Å². The quantitative estimate of drug-likeness (QED) is 0.744. The summed E-state index contributed by atoms with van der Waals surface area (Å²) in [6, 6.07) is 6.78. The summed E-state index contributed by atoms with van der Waals surface area (Å²) in [6.07, 6.45) is 1.91. The number of hydrogen-bond acceptors (Lipinski definition) is 3. The molecule has 19 heavy (non-hydrogen) atoms. The number of aliphatic hydroxyl groups excluding tert-OH is 1. The first-order chi connectivity index (χ1) is 9.04. The van der Waals surface area contributed by atoms with E-state index in [4.69, 9.17) is 0 Å². The van der Waals surface area contributed by atoms with E-state index in [-0.39, 0.29) is 23.8 Å². The van der Waals surface area contributed by atoms with Gasteiger partial charge < -0.3 is 15.7 Å². The minimum absolute atomic E-state index is 0.106. The first kappa shape index (κ1) is 13.5. The molecule has 1 fully saturated rings. The number of amides is 2. The SMILES string of the molecule is CC(=O)Nc1cccc(C(=O)NCC2(CO)CC2)c1. The van der Waals surface area contributed by atoms with Gasteiger partial charge in [0.25, 0.3) is 5.91 Å². The van der Waals surface area contributed by atoms with Crippen molar-refractivity contribution in [3.8, 4) is 0 Å². The molecule has 0 saturated heterocycles. The van der Waals surface area contributed by atoms with Crippen LogP contribution in [0.2, 0.25) is 0 Å². The van der Waals surface area contributed by atoms with Gasteiger partial charge >= 0.3 is 0 Å². The summed E-state index contributed by atoms with van der Waals surface area (Å²) in [5.74, 6) is -0.360. The van der Waals surface area contributed by atoms with E-state index in [0.717, 1.165) is 12.8 Å². The first-order valence-corrected chi connectivity index (χ1v) is 6.31. The van der Waals surface area contributed by atoms with Crippen LogP contribution < -0.4 is 10.6 Å². The van der Waals surface area contributed by atoms with Gasteiger partial charge in [-0.15, -0.1) is 0 Å². The number of nitrogens with one attached hydrogen (secondary N) is 2. The Labute approximate surface area is 112 Å². The zero-order chi connectivity index (χ0) is 13.9. The van der Waals surface area contributed by atoms with E-state index in [1.54, 1.807) is 24.3 Å². The molecule has 0 unspecified atom stereocenters. The van der Waals surface area contributed by atoms with Crippen LogP contribution in [0.3, 0.4) is 0 Å². The van der Waals surface area contributed by atoms with Gasteiger partial charge in [-0.25, -0.2) is 0 Å². The Hall–Kier alpha value is -1.88. The predicted molar refractivity (Wildman–Crippen MR) is 71.8 cm³/mol. The van der Waals surface area contributed by atoms with Gasteiger partial charge in [-0.3, -0.25) is 9.59 Å². The predicted octanol–water partition coefficient (Wildman–Crippen LogP) is 1.15. The standard InChI is InChI=1S/C14H18N2O3/c1-10(18)16-12-4-2-3-11(7-12)13(19)15-8-14(9-17)5-6-14/h2-4,7,17H,5-6,8-9H2,1H3,(H,15,19)(H,16,18). The molecule has 102 valence electrons. The fourth-order valence-electron chi connectivity index (χ4n) is 1.88. The maximum atomic E-state index is 12.0. The van der Waals surface area contributed by atoms with Crippen molar-refractivity contribution in [2.45, 2.75) is 19.8 Å². The molecule has 0 bridgehead atoms. The largest absolute Gasteiger partial charge is 0.396 e. The Balaban J connectivity index is 1.96. The highest BCUT2D eigenvalue weighted by atomic mass is 16.3. The maximum Gasteiger partial charge on any atom is 0.251 e. The molecule has 0 atom stereocenters. The topological polar surface area (TPSA) is 78.4 Å². The van der Waals surface area contributed by atoms with Crippen LogP contribution >= 0.6 is 0 Å². The highest BCUT2D eigenvalue weighted by Crippen LogP contribution is 2.44. The van der Waals surface area contributed by atoms with Crippen LogP contribution in [-0.4, -0.2) is 30.1 Å². The van der Waals surface area contributed by atoms with Gasteiger partial charge in [-0.1, -0.05) is 6.07 Å². The summed E-state index contributed by atoms with van der Waals surface area (Å²) in [5.41, 5.74) is 0.994. The van der Waals surface area contributed by atoms with Crippen LogP contribution in [-0.2, 0) is 4.79 Å². The zero-order valence-corrected chi connectivity index (χ0v) is 10.9. The molecular weight excluding hydrogens is 244 g/mol. The van der Waals surface area contributed by atoms with Crippen molar-refractivity contribution in [1.82, 2.24) is 5.32 Å². The summed E-state index contributed by atoms with van der Waals surface area (Å²) in [5, 5.41) is 14.6. The second-order valence-corrected chi connectivity index (χ2v) is 5.10. The number of hydrogen-bond donors (Lipinski definition) is 3. The smallest absolute Gasteiger partial charge is 0.251 e. The fraction of sp³-hybridized carbons (Fsp3) is 0.429. The summed E-state index contributed by atoms with van der Waals surface area (Å²) in [7, 11) is 0. The van der Waals surface area contributed by atoms with Crippen molar-refractivity contribution < 1.29 is 14.7 Å². The molecule has 1 aliphatic rings. The molecule has 2 amide bonds. The molecule has 1 aliphatic carbocycles. The Morgan fingerprint density at radius 1 is 1.37 bits per heavy atom. The van der Waals surface area contributed by atoms with Crippen LogP contribution in [0, 0.1) is 5.41 Å². The van der Waals surface area contributed by atoms with Crippen LogP contribution in [0.4, 0.5) is 5.69 Å². The third kappa shape index (κ3) is 3.54. The van der Waals surface area contributed by atoms with Crippen molar-refractivity contribution in [1.29, 1.82) is 0 Å². The average Bonchev–Trinajstić information content (AvgIpc) is 3.16. The third-order valence-corrected chi connectivity index (χ3v) is 3.36.